The van der Waals surface area contributed by atoms with E-state index in [-0.39, 0.29) is 6.17 Å². The molecule has 5 nitrogen and oxygen atoms in total. The highest BCUT2D eigenvalue weighted by molar-refractivity contribution is 6.17. The van der Waals surface area contributed by atoms with E-state index in [2.05, 4.69) is 198 Å². The number of benzene rings is 9. The number of nitrogens with one attached hydrogen (secondary N) is 1. The smallest absolute Gasteiger partial charge is 0.159 e. The van der Waals surface area contributed by atoms with Gasteiger partial charge in [0.2, 0.25) is 0 Å². The Hall–Kier alpha value is -8.28. The van der Waals surface area contributed by atoms with Crippen molar-refractivity contribution in [1.82, 2.24) is 5.32 Å². The minimum absolute atomic E-state index is 0.328. The number of aliphatic imine (C=N–C) groups is 2. The van der Waals surface area contributed by atoms with Crippen LogP contribution in [0.3, 0.4) is 0 Å². The van der Waals surface area contributed by atoms with Gasteiger partial charge in [-0.1, -0.05) is 176 Å². The van der Waals surface area contributed by atoms with E-state index in [1.807, 2.05) is 42.5 Å². The van der Waals surface area contributed by atoms with Gasteiger partial charge in [-0.3, -0.25) is 0 Å². The first-order valence-corrected chi connectivity index (χ1v) is 20.9. The van der Waals surface area contributed by atoms with Gasteiger partial charge in [0.15, 0.2) is 5.84 Å². The van der Waals surface area contributed by atoms with Crippen molar-refractivity contribution in [1.29, 1.82) is 0 Å². The van der Waals surface area contributed by atoms with E-state index in [1.165, 1.54) is 11.1 Å². The summed E-state index contributed by atoms with van der Waals surface area (Å²) in [5.41, 5.74) is 14.6. The van der Waals surface area contributed by atoms with Crippen LogP contribution >= 0.6 is 0 Å². The van der Waals surface area contributed by atoms with Gasteiger partial charge in [0, 0.05) is 33.5 Å². The first-order chi connectivity index (χ1) is 30.7. The van der Waals surface area contributed by atoms with E-state index in [0.29, 0.717) is 5.84 Å². The minimum atomic E-state index is -0.328. The predicted molar refractivity (Wildman–Crippen MR) is 257 cm³/mol. The van der Waals surface area contributed by atoms with E-state index in [0.717, 1.165) is 83.8 Å². The second kappa shape index (κ2) is 16.1. The molecule has 62 heavy (non-hydrogen) atoms. The molecule has 1 unspecified atom stereocenters. The lowest BCUT2D eigenvalue weighted by Gasteiger charge is -2.27. The zero-order valence-electron chi connectivity index (χ0n) is 33.8. The molecule has 0 fully saturated rings. The van der Waals surface area contributed by atoms with E-state index in [1.54, 1.807) is 0 Å². The molecule has 1 aromatic heterocycles. The third kappa shape index (κ3) is 7.01. The fourth-order valence-electron chi connectivity index (χ4n) is 8.50. The highest BCUT2D eigenvalue weighted by Crippen LogP contribution is 2.46. The number of nitrogens with zero attached hydrogens (tertiary/aromatic N) is 3. The molecule has 294 valence electrons. The zero-order valence-corrected chi connectivity index (χ0v) is 33.8. The van der Waals surface area contributed by atoms with Crippen LogP contribution in [-0.2, 0) is 0 Å². The molecular weight excluding hydrogens is 757 g/mol. The zero-order chi connectivity index (χ0) is 41.2. The van der Waals surface area contributed by atoms with Gasteiger partial charge in [-0.25, -0.2) is 9.98 Å². The number of rotatable bonds is 9. The molecule has 0 bridgehead atoms. The summed E-state index contributed by atoms with van der Waals surface area (Å²) in [6, 6.07) is 80.5. The van der Waals surface area contributed by atoms with Crippen LogP contribution in [0.15, 0.2) is 245 Å². The quantitative estimate of drug-likeness (QED) is 0.158. The average Bonchev–Trinajstić information content (AvgIpc) is 3.76. The fourth-order valence-corrected chi connectivity index (χ4v) is 8.50. The highest BCUT2D eigenvalue weighted by Gasteiger charge is 2.24. The number of fused-ring (bicyclic) bond motifs is 3. The van der Waals surface area contributed by atoms with Crippen molar-refractivity contribution in [3.8, 4) is 33.4 Å². The molecule has 0 amide bonds. The third-order valence-electron chi connectivity index (χ3n) is 11.5. The molecule has 0 saturated heterocycles. The summed E-state index contributed by atoms with van der Waals surface area (Å²) >= 11 is 0. The number of hydrogen-bond donors (Lipinski definition) is 1. The first kappa shape index (κ1) is 36.8. The Balaban J connectivity index is 0.993. The van der Waals surface area contributed by atoms with E-state index in [4.69, 9.17) is 14.4 Å². The average molecular weight is 797 g/mol. The van der Waals surface area contributed by atoms with Crippen molar-refractivity contribution < 1.29 is 4.42 Å². The van der Waals surface area contributed by atoms with Crippen LogP contribution in [-0.4, -0.2) is 11.7 Å². The summed E-state index contributed by atoms with van der Waals surface area (Å²) in [5.74, 6) is 1.50. The molecule has 9 aromatic carbocycles. The number of para-hydroxylation sites is 2. The SMILES string of the molecule is c1ccc(C2=NC(c3cccc(-c4cccc(-c5ccc(N(c6ccccc6)c6ccc(-c7ccccc7)cc6)c6c5oc5ccccc56)c4)c3)NC(c3ccccc3)=N2)cc1. The topological polar surface area (TPSA) is 53.1 Å². The lowest BCUT2D eigenvalue weighted by molar-refractivity contribution is 0.670. The second-order valence-electron chi connectivity index (χ2n) is 15.4. The summed E-state index contributed by atoms with van der Waals surface area (Å²) in [6.45, 7) is 0. The van der Waals surface area contributed by atoms with Crippen molar-refractivity contribution in [2.75, 3.05) is 4.90 Å². The largest absolute Gasteiger partial charge is 0.455 e. The standard InChI is InChI=1S/C57H40N4O/c1-5-17-39(18-6-1)40-31-33-48(34-32-40)61(47-27-11-4-12-28-47)51-36-35-49(54-53(51)50-29-13-14-30-52(50)62-54)45-25-15-23-43(37-45)44-24-16-26-46(38-44)57-59-55(41-19-7-2-8-20-41)58-56(60-57)42-21-9-3-10-22-42/h1-38,57H,(H,58,59,60). The van der Waals surface area contributed by atoms with Gasteiger partial charge in [0.1, 0.15) is 23.2 Å². The molecule has 2 heterocycles. The molecule has 1 N–H and O–H groups in total. The molecule has 0 saturated carbocycles. The van der Waals surface area contributed by atoms with Crippen LogP contribution in [0.2, 0.25) is 0 Å². The summed E-state index contributed by atoms with van der Waals surface area (Å²) in [4.78, 5) is 12.4. The van der Waals surface area contributed by atoms with Crippen molar-refractivity contribution in [3.05, 3.63) is 247 Å². The maximum atomic E-state index is 6.85. The normalized spacial score (nSPS) is 13.6. The maximum Gasteiger partial charge on any atom is 0.159 e. The summed E-state index contributed by atoms with van der Waals surface area (Å²) in [7, 11) is 0. The summed E-state index contributed by atoms with van der Waals surface area (Å²) < 4.78 is 6.85. The van der Waals surface area contributed by atoms with Gasteiger partial charge in [-0.2, -0.15) is 0 Å². The van der Waals surface area contributed by atoms with Gasteiger partial charge in [-0.05, 0) is 88.0 Å². The lowest BCUT2D eigenvalue weighted by atomic mass is 9.95. The molecule has 5 heteroatoms. The molecule has 1 aliphatic rings. The summed E-state index contributed by atoms with van der Waals surface area (Å²) in [5, 5.41) is 5.76. The molecule has 11 rings (SSSR count). The third-order valence-corrected chi connectivity index (χ3v) is 11.5. The van der Waals surface area contributed by atoms with Crippen LogP contribution < -0.4 is 10.2 Å². The predicted octanol–water partition coefficient (Wildman–Crippen LogP) is 14.6. The molecule has 0 aliphatic carbocycles. The van der Waals surface area contributed by atoms with E-state index < -0.39 is 0 Å². The van der Waals surface area contributed by atoms with Crippen LogP contribution in [0.25, 0.3) is 55.3 Å². The molecule has 1 aliphatic heterocycles. The summed E-state index contributed by atoms with van der Waals surface area (Å²) in [6.07, 6.45) is -0.328. The number of amidine groups is 2. The molecule has 0 spiro atoms. The van der Waals surface area contributed by atoms with Crippen molar-refractivity contribution in [2.45, 2.75) is 6.17 Å². The number of anilines is 3. The Labute approximate surface area is 360 Å². The lowest BCUT2D eigenvalue weighted by Crippen LogP contribution is -2.33. The monoisotopic (exact) mass is 796 g/mol. The van der Waals surface area contributed by atoms with E-state index in [9.17, 15) is 0 Å². The molecule has 10 aromatic rings. The Kier molecular flexibility index (Phi) is 9.52. The maximum absolute atomic E-state index is 6.85. The van der Waals surface area contributed by atoms with Crippen molar-refractivity contribution >= 4 is 50.7 Å². The Morgan fingerprint density at radius 2 is 1.00 bits per heavy atom. The molecule has 0 radical (unpaired) electrons. The minimum Gasteiger partial charge on any atom is -0.455 e. The highest BCUT2D eigenvalue weighted by atomic mass is 16.3. The van der Waals surface area contributed by atoms with Crippen molar-refractivity contribution in [2.24, 2.45) is 9.98 Å². The number of hydrogen-bond acceptors (Lipinski definition) is 5. The fraction of sp³-hybridized carbons (Fsp3) is 0.0175. The first-order valence-electron chi connectivity index (χ1n) is 20.9. The Bertz CT molecular complexity index is 3250. The molecular formula is C57H40N4O. The Morgan fingerprint density at radius 3 is 1.74 bits per heavy atom. The second-order valence-corrected chi connectivity index (χ2v) is 15.4. The van der Waals surface area contributed by atoms with Gasteiger partial charge >= 0.3 is 0 Å². The van der Waals surface area contributed by atoms with Crippen LogP contribution in [0.4, 0.5) is 17.1 Å². The van der Waals surface area contributed by atoms with Gasteiger partial charge in [0.05, 0.1) is 11.1 Å². The van der Waals surface area contributed by atoms with Gasteiger partial charge < -0.3 is 14.6 Å². The Morgan fingerprint density at radius 1 is 0.435 bits per heavy atom. The van der Waals surface area contributed by atoms with Crippen molar-refractivity contribution in [3.63, 3.8) is 0 Å². The van der Waals surface area contributed by atoms with Crippen LogP contribution in [0.5, 0.6) is 0 Å². The van der Waals surface area contributed by atoms with Gasteiger partial charge in [0.25, 0.3) is 0 Å². The van der Waals surface area contributed by atoms with E-state index >= 15 is 0 Å². The molecule has 1 atom stereocenters. The number of furan rings is 1. The van der Waals surface area contributed by atoms with Crippen LogP contribution in [0, 0.1) is 0 Å². The van der Waals surface area contributed by atoms with Crippen LogP contribution in [0.1, 0.15) is 22.9 Å². The van der Waals surface area contributed by atoms with Gasteiger partial charge in [-0.15, -0.1) is 0 Å².